The molecule has 0 heterocycles. The number of anilines is 1. The molecule has 0 unspecified atom stereocenters. The van der Waals surface area contributed by atoms with Crippen LogP contribution < -0.4 is 16.0 Å². The summed E-state index contributed by atoms with van der Waals surface area (Å²) in [5, 5.41) is 17.0. The number of carboxylic acids is 1. The summed E-state index contributed by atoms with van der Waals surface area (Å²) in [5.74, 6) is -3.18. The minimum Gasteiger partial charge on any atom is -0.481 e. The lowest BCUT2D eigenvalue weighted by molar-refractivity contribution is -0.147. The van der Waals surface area contributed by atoms with Gasteiger partial charge in [-0.3, -0.25) is 14.4 Å². The number of alkyl carbamates (subject to hydrolysis) is 1. The van der Waals surface area contributed by atoms with Crippen molar-refractivity contribution in [3.63, 3.8) is 0 Å². The quantitative estimate of drug-likeness (QED) is 0.176. The van der Waals surface area contributed by atoms with Crippen LogP contribution in [0.25, 0.3) is 11.1 Å². The van der Waals surface area contributed by atoms with Crippen LogP contribution >= 0.6 is 0 Å². The van der Waals surface area contributed by atoms with E-state index in [0.717, 1.165) is 22.3 Å². The van der Waals surface area contributed by atoms with Crippen LogP contribution in [0.2, 0.25) is 0 Å². The first-order chi connectivity index (χ1) is 21.8. The molecule has 4 N–H and O–H groups in total. The number of aliphatic carboxylic acids is 1. The van der Waals surface area contributed by atoms with Gasteiger partial charge in [0.2, 0.25) is 11.8 Å². The molecule has 3 amide bonds. The topological polar surface area (TPSA) is 134 Å². The molecule has 244 valence electrons. The van der Waals surface area contributed by atoms with Gasteiger partial charge < -0.3 is 25.8 Å². The van der Waals surface area contributed by atoms with Crippen molar-refractivity contribution in [1.82, 2.24) is 10.6 Å². The van der Waals surface area contributed by atoms with E-state index in [1.807, 2.05) is 48.5 Å². The van der Waals surface area contributed by atoms with Crippen molar-refractivity contribution in [2.24, 2.45) is 11.3 Å². The molecule has 3 aromatic carbocycles. The molecular weight excluding hydrogens is 589 g/mol. The minimum atomic E-state index is -1.03. The van der Waals surface area contributed by atoms with Crippen LogP contribution in [0.15, 0.2) is 66.7 Å². The lowest BCUT2D eigenvalue weighted by atomic mass is 9.87. The Morgan fingerprint density at radius 3 is 2.07 bits per heavy atom. The van der Waals surface area contributed by atoms with E-state index < -0.39 is 47.2 Å². The van der Waals surface area contributed by atoms with Gasteiger partial charge in [0.1, 0.15) is 24.5 Å². The molecule has 9 nitrogen and oxygen atoms in total. The maximum atomic E-state index is 14.8. The second-order valence-electron chi connectivity index (χ2n) is 12.8. The molecule has 1 aliphatic carbocycles. The molecule has 10 heteroatoms. The predicted molar refractivity (Wildman–Crippen MR) is 174 cm³/mol. The van der Waals surface area contributed by atoms with Crippen LogP contribution in [-0.2, 0) is 25.5 Å². The Balaban J connectivity index is 1.29. The van der Waals surface area contributed by atoms with Gasteiger partial charge in [0.05, 0.1) is 11.1 Å². The highest BCUT2D eigenvalue weighted by atomic mass is 19.1. The van der Waals surface area contributed by atoms with Crippen molar-refractivity contribution in [3.8, 4) is 11.1 Å². The van der Waals surface area contributed by atoms with E-state index in [1.54, 1.807) is 33.8 Å². The number of nitrogens with one attached hydrogen (secondary N) is 3. The maximum absolute atomic E-state index is 14.8. The van der Waals surface area contributed by atoms with Gasteiger partial charge in [0, 0.05) is 5.92 Å². The van der Waals surface area contributed by atoms with Crippen LogP contribution in [-0.4, -0.2) is 47.7 Å². The minimum absolute atomic E-state index is 0.0436. The standard InChI is InChI=1S/C36H42FN3O6/c1-21(2)31(40-35(45)46-20-28-26-14-8-6-12-24(26)25-13-7-9-15-27(25)28)33(42)38-22(3)32(41)39-30-17-16-23(19-29(30)37)11-10-18-36(4,5)34(43)44/h6-9,12-17,19,21-22,28,31H,10-11,18,20H2,1-5H3,(H,38,42)(H,39,41)(H,40,45)(H,43,44)/t22-,31-/m0/s1. The number of carboxylic acid groups (broad SMARTS) is 1. The van der Waals surface area contributed by atoms with Gasteiger partial charge in [-0.2, -0.15) is 0 Å². The molecule has 0 aromatic heterocycles. The largest absolute Gasteiger partial charge is 0.481 e. The number of fused-ring (bicyclic) bond motifs is 3. The van der Waals surface area contributed by atoms with Crippen LogP contribution in [0.4, 0.5) is 14.9 Å². The summed E-state index contributed by atoms with van der Waals surface area (Å²) in [6, 6.07) is 18.4. The second kappa shape index (κ2) is 14.6. The highest BCUT2D eigenvalue weighted by Gasteiger charge is 2.31. The van der Waals surface area contributed by atoms with E-state index >= 15 is 0 Å². The Morgan fingerprint density at radius 2 is 1.50 bits per heavy atom. The van der Waals surface area contributed by atoms with Crippen LogP contribution in [0.5, 0.6) is 0 Å². The summed E-state index contributed by atoms with van der Waals surface area (Å²) in [7, 11) is 0. The molecular formula is C36H42FN3O6. The first kappa shape index (κ1) is 34.1. The van der Waals surface area contributed by atoms with E-state index in [0.29, 0.717) is 24.8 Å². The third kappa shape index (κ3) is 8.10. The maximum Gasteiger partial charge on any atom is 0.407 e. The molecule has 3 aromatic rings. The number of halogens is 1. The summed E-state index contributed by atoms with van der Waals surface area (Å²) >= 11 is 0. The molecule has 0 radical (unpaired) electrons. The van der Waals surface area contributed by atoms with Crippen LogP contribution in [0.3, 0.4) is 0 Å². The van der Waals surface area contributed by atoms with Gasteiger partial charge in [0.25, 0.3) is 0 Å². The number of amides is 3. The van der Waals surface area contributed by atoms with Gasteiger partial charge in [-0.05, 0) is 85.9 Å². The number of rotatable bonds is 13. The highest BCUT2D eigenvalue weighted by molar-refractivity contribution is 5.98. The number of ether oxygens (including phenoxy) is 1. The monoisotopic (exact) mass is 631 g/mol. The fourth-order valence-electron chi connectivity index (χ4n) is 5.57. The summed E-state index contributed by atoms with van der Waals surface area (Å²) < 4.78 is 20.4. The Morgan fingerprint density at radius 1 is 0.891 bits per heavy atom. The molecule has 0 aliphatic heterocycles. The molecule has 0 saturated carbocycles. The third-order valence-corrected chi connectivity index (χ3v) is 8.46. The summed E-state index contributed by atoms with van der Waals surface area (Å²) in [6.45, 7) is 8.38. The summed E-state index contributed by atoms with van der Waals surface area (Å²) in [4.78, 5) is 50.1. The number of hydrogen-bond acceptors (Lipinski definition) is 5. The van der Waals surface area contributed by atoms with E-state index in [4.69, 9.17) is 4.74 Å². The second-order valence-corrected chi connectivity index (χ2v) is 12.8. The zero-order valence-corrected chi connectivity index (χ0v) is 26.9. The fraction of sp³-hybridized carbons (Fsp3) is 0.389. The first-order valence-electron chi connectivity index (χ1n) is 15.5. The molecule has 46 heavy (non-hydrogen) atoms. The number of aryl methyl sites for hydroxylation is 1. The Bertz CT molecular complexity index is 1560. The highest BCUT2D eigenvalue weighted by Crippen LogP contribution is 2.44. The molecule has 1 aliphatic rings. The van der Waals surface area contributed by atoms with E-state index in [1.165, 1.54) is 19.1 Å². The van der Waals surface area contributed by atoms with Crippen molar-refractivity contribution < 1.29 is 33.4 Å². The third-order valence-electron chi connectivity index (χ3n) is 8.46. The van der Waals surface area contributed by atoms with Crippen molar-refractivity contribution in [2.45, 2.75) is 71.9 Å². The molecule has 0 saturated heterocycles. The van der Waals surface area contributed by atoms with Gasteiger partial charge in [-0.1, -0.05) is 68.4 Å². The molecule has 0 bridgehead atoms. The summed E-state index contributed by atoms with van der Waals surface area (Å²) in [6.07, 6.45) is 0.741. The number of carbonyl (C=O) groups excluding carboxylic acids is 3. The van der Waals surface area contributed by atoms with Gasteiger partial charge in [-0.25, -0.2) is 9.18 Å². The average Bonchev–Trinajstić information content (AvgIpc) is 3.33. The van der Waals surface area contributed by atoms with Crippen molar-refractivity contribution >= 4 is 29.6 Å². The zero-order valence-electron chi connectivity index (χ0n) is 26.9. The van der Waals surface area contributed by atoms with Gasteiger partial charge in [0.15, 0.2) is 0 Å². The van der Waals surface area contributed by atoms with Crippen LogP contribution in [0, 0.1) is 17.2 Å². The lowest BCUT2D eigenvalue weighted by Crippen LogP contribution is -2.53. The lowest BCUT2D eigenvalue weighted by Gasteiger charge is -2.24. The number of carbonyl (C=O) groups is 4. The smallest absolute Gasteiger partial charge is 0.407 e. The molecule has 0 spiro atoms. The average molecular weight is 632 g/mol. The molecule has 2 atom stereocenters. The van der Waals surface area contributed by atoms with Gasteiger partial charge in [-0.15, -0.1) is 0 Å². The first-order valence-corrected chi connectivity index (χ1v) is 15.5. The normalized spacial score (nSPS) is 13.7. The van der Waals surface area contributed by atoms with E-state index in [2.05, 4.69) is 16.0 Å². The molecule has 4 rings (SSSR count). The SMILES string of the molecule is CC(C)[C@H](NC(=O)OCC1c2ccccc2-c2ccccc21)C(=O)N[C@@H](C)C(=O)Nc1ccc(CCCC(C)(C)C(=O)O)cc1F. The van der Waals surface area contributed by atoms with E-state index in [9.17, 15) is 28.7 Å². The number of benzene rings is 3. The van der Waals surface area contributed by atoms with Crippen molar-refractivity contribution in [2.75, 3.05) is 11.9 Å². The summed E-state index contributed by atoms with van der Waals surface area (Å²) in [5.41, 5.74) is 4.11. The van der Waals surface area contributed by atoms with E-state index in [-0.39, 0.29) is 24.1 Å². The molecule has 0 fully saturated rings. The fourth-order valence-corrected chi connectivity index (χ4v) is 5.57. The zero-order chi connectivity index (χ0) is 33.6. The van der Waals surface area contributed by atoms with Crippen LogP contribution in [0.1, 0.15) is 70.1 Å². The van der Waals surface area contributed by atoms with Gasteiger partial charge >= 0.3 is 12.1 Å². The van der Waals surface area contributed by atoms with Crippen molar-refractivity contribution in [1.29, 1.82) is 0 Å². The van der Waals surface area contributed by atoms with Crippen molar-refractivity contribution in [3.05, 3.63) is 89.2 Å². The Kier molecular flexibility index (Phi) is 10.8. The Labute approximate surface area is 268 Å². The number of hydrogen-bond donors (Lipinski definition) is 4. The Hall–Kier alpha value is -4.73. The predicted octanol–water partition coefficient (Wildman–Crippen LogP) is 6.27.